The Morgan fingerprint density at radius 1 is 1.20 bits per heavy atom. The summed E-state index contributed by atoms with van der Waals surface area (Å²) in [4.78, 5) is 0. The van der Waals surface area contributed by atoms with E-state index in [9.17, 15) is 0 Å². The molecule has 0 spiro atoms. The van der Waals surface area contributed by atoms with Crippen molar-refractivity contribution < 1.29 is 0 Å². The molecule has 0 aliphatic heterocycles. The first-order valence-electron chi connectivity index (χ1n) is 5.14. The van der Waals surface area contributed by atoms with Gasteiger partial charge in [0.25, 0.3) is 0 Å². The van der Waals surface area contributed by atoms with Crippen LogP contribution in [0, 0.1) is 0 Å². The molecule has 0 atom stereocenters. The fourth-order valence-corrected chi connectivity index (χ4v) is 1.68. The predicted molar refractivity (Wildman–Crippen MR) is 67.7 cm³/mol. The third-order valence-electron chi connectivity index (χ3n) is 2.69. The highest BCUT2D eigenvalue weighted by molar-refractivity contribution is 6.35. The molecule has 0 radical (unpaired) electrons. The maximum absolute atomic E-state index is 6.08. The van der Waals surface area contributed by atoms with E-state index in [1.54, 1.807) is 0 Å². The number of hydrogen-bond donors (Lipinski definition) is 1. The molecule has 0 aliphatic rings. The Kier molecular flexibility index (Phi) is 4.45. The number of rotatable bonds is 4. The molecule has 0 saturated carbocycles. The highest BCUT2D eigenvalue weighted by Crippen LogP contribution is 2.24. The summed E-state index contributed by atoms with van der Waals surface area (Å²) in [7, 11) is 0. The van der Waals surface area contributed by atoms with Crippen LogP contribution in [0.1, 0.15) is 32.8 Å². The minimum atomic E-state index is 0.114. The highest BCUT2D eigenvalue weighted by atomic mass is 35.5. The van der Waals surface area contributed by atoms with Crippen molar-refractivity contribution in [3.63, 3.8) is 0 Å². The molecular weight excluding hydrogens is 229 g/mol. The van der Waals surface area contributed by atoms with Gasteiger partial charge in [0.15, 0.2) is 0 Å². The molecule has 0 aliphatic carbocycles. The van der Waals surface area contributed by atoms with Gasteiger partial charge in [-0.05, 0) is 32.4 Å². The van der Waals surface area contributed by atoms with Crippen LogP contribution in [0.2, 0.25) is 10.0 Å². The van der Waals surface area contributed by atoms with Gasteiger partial charge in [-0.1, -0.05) is 36.2 Å². The average Bonchev–Trinajstić information content (AvgIpc) is 2.17. The minimum Gasteiger partial charge on any atom is -0.308 e. The molecule has 3 heteroatoms. The minimum absolute atomic E-state index is 0.114. The van der Waals surface area contributed by atoms with Gasteiger partial charge in [0, 0.05) is 27.7 Å². The van der Waals surface area contributed by atoms with Gasteiger partial charge in [0.05, 0.1) is 0 Å². The van der Waals surface area contributed by atoms with Gasteiger partial charge >= 0.3 is 0 Å². The Bertz CT molecular complexity index is 314. The zero-order valence-corrected chi connectivity index (χ0v) is 10.9. The van der Waals surface area contributed by atoms with Crippen molar-refractivity contribution >= 4 is 23.2 Å². The lowest BCUT2D eigenvalue weighted by atomic mass is 10.0. The maximum atomic E-state index is 6.08. The van der Waals surface area contributed by atoms with Crippen LogP contribution in [-0.4, -0.2) is 5.54 Å². The second-order valence-electron chi connectivity index (χ2n) is 4.29. The lowest BCUT2D eigenvalue weighted by Gasteiger charge is -2.25. The van der Waals surface area contributed by atoms with Gasteiger partial charge in [-0.25, -0.2) is 0 Å². The lowest BCUT2D eigenvalue weighted by molar-refractivity contribution is 0.374. The zero-order chi connectivity index (χ0) is 11.5. The van der Waals surface area contributed by atoms with Crippen LogP contribution in [-0.2, 0) is 6.54 Å². The SMILES string of the molecule is CCC(C)(C)NCc1c(Cl)cccc1Cl. The predicted octanol–water partition coefficient (Wildman–Crippen LogP) is 4.27. The van der Waals surface area contributed by atoms with E-state index in [0.717, 1.165) is 22.0 Å². The highest BCUT2D eigenvalue weighted by Gasteiger charge is 2.15. The Morgan fingerprint density at radius 2 is 1.73 bits per heavy atom. The Balaban J connectivity index is 2.73. The van der Waals surface area contributed by atoms with E-state index in [4.69, 9.17) is 23.2 Å². The van der Waals surface area contributed by atoms with Crippen molar-refractivity contribution in [1.82, 2.24) is 5.32 Å². The summed E-state index contributed by atoms with van der Waals surface area (Å²) in [5, 5.41) is 4.89. The van der Waals surface area contributed by atoms with Gasteiger partial charge in [-0.2, -0.15) is 0 Å². The fraction of sp³-hybridized carbons (Fsp3) is 0.500. The van der Waals surface area contributed by atoms with Crippen LogP contribution in [0.3, 0.4) is 0 Å². The van der Waals surface area contributed by atoms with E-state index in [-0.39, 0.29) is 5.54 Å². The van der Waals surface area contributed by atoms with Gasteiger partial charge < -0.3 is 5.32 Å². The summed E-state index contributed by atoms with van der Waals surface area (Å²) in [5.41, 5.74) is 1.09. The van der Waals surface area contributed by atoms with Crippen LogP contribution in [0.4, 0.5) is 0 Å². The average molecular weight is 246 g/mol. The molecule has 15 heavy (non-hydrogen) atoms. The normalized spacial score (nSPS) is 11.8. The lowest BCUT2D eigenvalue weighted by Crippen LogP contribution is -2.37. The van der Waals surface area contributed by atoms with E-state index >= 15 is 0 Å². The molecule has 1 nitrogen and oxygen atoms in total. The number of halogens is 2. The summed E-state index contributed by atoms with van der Waals surface area (Å²) in [6, 6.07) is 5.59. The Labute approximate surface area is 102 Å². The summed E-state index contributed by atoms with van der Waals surface area (Å²) >= 11 is 12.2. The molecule has 0 fully saturated rings. The van der Waals surface area contributed by atoms with Crippen LogP contribution >= 0.6 is 23.2 Å². The molecule has 0 aromatic heterocycles. The third kappa shape index (κ3) is 3.67. The quantitative estimate of drug-likeness (QED) is 0.836. The van der Waals surface area contributed by atoms with E-state index in [2.05, 4.69) is 26.1 Å². The van der Waals surface area contributed by atoms with Crippen LogP contribution in [0.25, 0.3) is 0 Å². The van der Waals surface area contributed by atoms with E-state index in [1.807, 2.05) is 18.2 Å². The van der Waals surface area contributed by atoms with Crippen LogP contribution < -0.4 is 5.32 Å². The largest absolute Gasteiger partial charge is 0.308 e. The Morgan fingerprint density at radius 3 is 2.20 bits per heavy atom. The van der Waals surface area contributed by atoms with Crippen molar-refractivity contribution in [2.24, 2.45) is 0 Å². The molecular formula is C12H17Cl2N. The second kappa shape index (κ2) is 5.20. The summed E-state index contributed by atoms with van der Waals surface area (Å²) < 4.78 is 0. The van der Waals surface area contributed by atoms with E-state index in [0.29, 0.717) is 6.54 Å². The second-order valence-corrected chi connectivity index (χ2v) is 5.11. The van der Waals surface area contributed by atoms with E-state index in [1.165, 1.54) is 0 Å². The number of benzene rings is 1. The first-order chi connectivity index (χ1) is 6.96. The van der Waals surface area contributed by atoms with Gasteiger partial charge in [-0.15, -0.1) is 0 Å². The topological polar surface area (TPSA) is 12.0 Å². The Hall–Kier alpha value is -0.240. The standard InChI is InChI=1S/C12H17Cl2N/c1-4-12(2,3)15-8-9-10(13)6-5-7-11(9)14/h5-7,15H,4,8H2,1-3H3. The first-order valence-corrected chi connectivity index (χ1v) is 5.90. The molecule has 1 N–H and O–H groups in total. The van der Waals surface area contributed by atoms with Gasteiger partial charge in [0.1, 0.15) is 0 Å². The number of hydrogen-bond acceptors (Lipinski definition) is 1. The summed E-state index contributed by atoms with van der Waals surface area (Å²) in [6.45, 7) is 7.19. The fourth-order valence-electron chi connectivity index (χ4n) is 1.15. The molecule has 84 valence electrons. The molecule has 1 rings (SSSR count). The molecule has 0 bridgehead atoms. The molecule has 1 aromatic rings. The summed E-state index contributed by atoms with van der Waals surface area (Å²) in [5.74, 6) is 0. The molecule has 0 amide bonds. The van der Waals surface area contributed by atoms with Crippen molar-refractivity contribution in [2.45, 2.75) is 39.3 Å². The van der Waals surface area contributed by atoms with Crippen molar-refractivity contribution in [3.05, 3.63) is 33.8 Å². The molecule has 0 heterocycles. The third-order valence-corrected chi connectivity index (χ3v) is 3.40. The van der Waals surface area contributed by atoms with Crippen LogP contribution in [0.15, 0.2) is 18.2 Å². The molecule has 0 saturated heterocycles. The molecule has 0 unspecified atom stereocenters. The monoisotopic (exact) mass is 245 g/mol. The summed E-state index contributed by atoms with van der Waals surface area (Å²) in [6.07, 6.45) is 1.06. The van der Waals surface area contributed by atoms with Crippen molar-refractivity contribution in [2.75, 3.05) is 0 Å². The first kappa shape index (κ1) is 12.8. The van der Waals surface area contributed by atoms with Crippen LogP contribution in [0.5, 0.6) is 0 Å². The van der Waals surface area contributed by atoms with Crippen molar-refractivity contribution in [1.29, 1.82) is 0 Å². The number of nitrogens with one attached hydrogen (secondary N) is 1. The van der Waals surface area contributed by atoms with Crippen molar-refractivity contribution in [3.8, 4) is 0 Å². The van der Waals surface area contributed by atoms with Gasteiger partial charge in [0.2, 0.25) is 0 Å². The van der Waals surface area contributed by atoms with Gasteiger partial charge in [-0.3, -0.25) is 0 Å². The van der Waals surface area contributed by atoms with E-state index < -0.39 is 0 Å². The maximum Gasteiger partial charge on any atom is 0.0465 e. The molecule has 1 aromatic carbocycles. The zero-order valence-electron chi connectivity index (χ0n) is 9.40. The smallest absolute Gasteiger partial charge is 0.0465 e.